The Morgan fingerprint density at radius 2 is 1.95 bits per heavy atom. The molecule has 3 rings (SSSR count). The van der Waals surface area contributed by atoms with Gasteiger partial charge in [-0.2, -0.15) is 0 Å². The number of nitrogens with zero attached hydrogens (tertiary/aromatic N) is 1. The van der Waals surface area contributed by atoms with Crippen molar-refractivity contribution < 1.29 is 14.6 Å². The quantitative estimate of drug-likeness (QED) is 0.905. The summed E-state index contributed by atoms with van der Waals surface area (Å²) in [5.74, 6) is 1.65. The summed E-state index contributed by atoms with van der Waals surface area (Å²) in [6.45, 7) is 3.56. The van der Waals surface area contributed by atoms with Crippen molar-refractivity contribution >= 4 is 5.69 Å². The van der Waals surface area contributed by atoms with E-state index in [0.29, 0.717) is 6.79 Å². The molecule has 0 saturated heterocycles. The van der Waals surface area contributed by atoms with Crippen LogP contribution < -0.4 is 14.4 Å². The Labute approximate surface area is 113 Å². The van der Waals surface area contributed by atoms with Gasteiger partial charge in [0.05, 0.1) is 6.61 Å². The van der Waals surface area contributed by atoms with Gasteiger partial charge in [-0.05, 0) is 31.4 Å². The van der Waals surface area contributed by atoms with Crippen LogP contribution in [0.4, 0.5) is 5.69 Å². The number of hydrogen-bond donors (Lipinski definition) is 1. The summed E-state index contributed by atoms with van der Waals surface area (Å²) in [4.78, 5) is 2.23. The maximum absolute atomic E-state index is 9.59. The number of aliphatic hydroxyl groups excluding tert-OH is 1. The molecule has 0 unspecified atom stereocenters. The van der Waals surface area contributed by atoms with Gasteiger partial charge in [0, 0.05) is 30.8 Å². The first kappa shape index (κ1) is 12.6. The van der Waals surface area contributed by atoms with E-state index >= 15 is 0 Å². The largest absolute Gasteiger partial charge is 0.454 e. The number of hydrogen-bond acceptors (Lipinski definition) is 4. The third-order valence-corrected chi connectivity index (χ3v) is 4.42. The molecule has 0 amide bonds. The fraction of sp³-hybridized carbons (Fsp3) is 0.600. The van der Waals surface area contributed by atoms with Gasteiger partial charge in [0.1, 0.15) is 0 Å². The normalized spacial score (nSPS) is 19.1. The molecule has 0 atom stereocenters. The number of anilines is 1. The van der Waals surface area contributed by atoms with E-state index in [1.54, 1.807) is 0 Å². The van der Waals surface area contributed by atoms with Crippen molar-refractivity contribution in [1.82, 2.24) is 0 Å². The van der Waals surface area contributed by atoms with Crippen LogP contribution in [0.15, 0.2) is 12.1 Å². The Morgan fingerprint density at radius 3 is 2.53 bits per heavy atom. The minimum Gasteiger partial charge on any atom is -0.454 e. The molecule has 0 radical (unpaired) electrons. The Bertz CT molecular complexity index is 477. The second-order valence-corrected chi connectivity index (χ2v) is 5.86. The number of ether oxygens (including phenoxy) is 2. The van der Waals surface area contributed by atoms with Gasteiger partial charge in [0.15, 0.2) is 11.5 Å². The highest BCUT2D eigenvalue weighted by Crippen LogP contribution is 2.43. The molecule has 4 heteroatoms. The van der Waals surface area contributed by atoms with Gasteiger partial charge in [-0.1, -0.05) is 6.42 Å². The first-order valence-electron chi connectivity index (χ1n) is 6.86. The smallest absolute Gasteiger partial charge is 0.231 e. The molecule has 1 aliphatic heterocycles. The second kappa shape index (κ2) is 4.60. The monoisotopic (exact) mass is 263 g/mol. The van der Waals surface area contributed by atoms with E-state index in [4.69, 9.17) is 9.47 Å². The molecule has 1 aromatic carbocycles. The molecule has 4 nitrogen and oxygen atoms in total. The molecule has 19 heavy (non-hydrogen) atoms. The molecule has 0 spiro atoms. The number of rotatable bonds is 4. The zero-order valence-electron chi connectivity index (χ0n) is 11.6. The summed E-state index contributed by atoms with van der Waals surface area (Å²) in [5, 5.41) is 9.59. The third kappa shape index (κ3) is 2.14. The van der Waals surface area contributed by atoms with Gasteiger partial charge in [-0.25, -0.2) is 0 Å². The van der Waals surface area contributed by atoms with Crippen LogP contribution >= 0.6 is 0 Å². The Hall–Kier alpha value is -1.42. The van der Waals surface area contributed by atoms with E-state index in [1.807, 2.05) is 12.1 Å². The summed E-state index contributed by atoms with van der Waals surface area (Å²) in [7, 11) is 2.08. The van der Waals surface area contributed by atoms with E-state index in [0.717, 1.165) is 36.6 Å². The van der Waals surface area contributed by atoms with Gasteiger partial charge in [0.25, 0.3) is 0 Å². The summed E-state index contributed by atoms with van der Waals surface area (Å²) in [6, 6.07) is 4.07. The van der Waals surface area contributed by atoms with Crippen LogP contribution in [-0.2, 0) is 0 Å². The SMILES string of the molecule is Cc1cc2c(cc1N(C)CC1(CO)CCC1)OCO2. The van der Waals surface area contributed by atoms with Crippen molar-refractivity contribution in [2.45, 2.75) is 26.2 Å². The van der Waals surface area contributed by atoms with Crippen LogP contribution in [0, 0.1) is 12.3 Å². The zero-order chi connectivity index (χ0) is 13.5. The average Bonchev–Trinajstić information content (AvgIpc) is 2.79. The maximum atomic E-state index is 9.59. The Morgan fingerprint density at radius 1 is 1.26 bits per heavy atom. The molecule has 1 aromatic rings. The molecule has 1 heterocycles. The van der Waals surface area contributed by atoms with E-state index in [9.17, 15) is 5.11 Å². The molecule has 0 aromatic heterocycles. The van der Waals surface area contributed by atoms with Crippen LogP contribution in [-0.4, -0.2) is 32.1 Å². The van der Waals surface area contributed by atoms with E-state index < -0.39 is 0 Å². The summed E-state index contributed by atoms with van der Waals surface area (Å²) in [6.07, 6.45) is 3.48. The minimum absolute atomic E-state index is 0.0948. The topological polar surface area (TPSA) is 41.9 Å². The molecule has 0 bridgehead atoms. The van der Waals surface area contributed by atoms with Crippen molar-refractivity contribution in [2.75, 3.05) is 31.9 Å². The molecule has 104 valence electrons. The molecule has 1 aliphatic carbocycles. The number of aryl methyl sites for hydroxylation is 1. The van der Waals surface area contributed by atoms with Crippen molar-refractivity contribution in [3.63, 3.8) is 0 Å². The molecule has 1 saturated carbocycles. The fourth-order valence-corrected chi connectivity index (χ4v) is 3.08. The summed E-state index contributed by atoms with van der Waals surface area (Å²) in [5.41, 5.74) is 2.43. The highest BCUT2D eigenvalue weighted by Gasteiger charge is 2.37. The maximum Gasteiger partial charge on any atom is 0.231 e. The van der Waals surface area contributed by atoms with Crippen LogP contribution in [0.3, 0.4) is 0 Å². The van der Waals surface area contributed by atoms with Crippen molar-refractivity contribution in [3.05, 3.63) is 17.7 Å². The lowest BCUT2D eigenvalue weighted by atomic mass is 9.69. The van der Waals surface area contributed by atoms with E-state index in [-0.39, 0.29) is 12.0 Å². The third-order valence-electron chi connectivity index (χ3n) is 4.42. The van der Waals surface area contributed by atoms with E-state index in [1.165, 1.54) is 12.0 Å². The Balaban J connectivity index is 1.81. The highest BCUT2D eigenvalue weighted by molar-refractivity contribution is 5.62. The molecular weight excluding hydrogens is 242 g/mol. The fourth-order valence-electron chi connectivity index (χ4n) is 3.08. The standard InChI is InChI=1S/C15H21NO3/c1-11-6-13-14(19-10-18-13)7-12(11)16(2)8-15(9-17)4-3-5-15/h6-7,17H,3-5,8-10H2,1-2H3. The Kier molecular flexibility index (Phi) is 3.05. The zero-order valence-corrected chi connectivity index (χ0v) is 11.6. The minimum atomic E-state index is 0.0948. The predicted octanol–water partition coefficient (Wildman–Crippen LogP) is 2.32. The van der Waals surface area contributed by atoms with Crippen LogP contribution in [0.25, 0.3) is 0 Å². The lowest BCUT2D eigenvalue weighted by Crippen LogP contribution is -2.43. The average molecular weight is 263 g/mol. The molecule has 1 N–H and O–H groups in total. The van der Waals surface area contributed by atoms with Gasteiger partial charge in [0.2, 0.25) is 6.79 Å². The first-order chi connectivity index (χ1) is 9.13. The molecule has 1 fully saturated rings. The van der Waals surface area contributed by atoms with Gasteiger partial charge in [-0.3, -0.25) is 0 Å². The van der Waals surface area contributed by atoms with Gasteiger partial charge >= 0.3 is 0 Å². The summed E-state index contributed by atoms with van der Waals surface area (Å²) < 4.78 is 10.8. The predicted molar refractivity (Wildman–Crippen MR) is 73.9 cm³/mol. The molecule has 2 aliphatic rings. The van der Waals surface area contributed by atoms with Crippen molar-refractivity contribution in [2.24, 2.45) is 5.41 Å². The highest BCUT2D eigenvalue weighted by atomic mass is 16.7. The van der Waals surface area contributed by atoms with Crippen LogP contribution in [0.2, 0.25) is 0 Å². The van der Waals surface area contributed by atoms with Crippen LogP contribution in [0.5, 0.6) is 11.5 Å². The first-order valence-corrected chi connectivity index (χ1v) is 6.86. The summed E-state index contributed by atoms with van der Waals surface area (Å²) >= 11 is 0. The van der Waals surface area contributed by atoms with Crippen molar-refractivity contribution in [1.29, 1.82) is 0 Å². The number of benzene rings is 1. The van der Waals surface area contributed by atoms with Crippen LogP contribution in [0.1, 0.15) is 24.8 Å². The molecular formula is C15H21NO3. The van der Waals surface area contributed by atoms with Gasteiger partial charge < -0.3 is 19.5 Å². The van der Waals surface area contributed by atoms with Crippen molar-refractivity contribution in [3.8, 4) is 11.5 Å². The lowest BCUT2D eigenvalue weighted by Gasteiger charge is -2.43. The lowest BCUT2D eigenvalue weighted by molar-refractivity contribution is 0.0524. The number of fused-ring (bicyclic) bond motifs is 1. The number of aliphatic hydroxyl groups is 1. The second-order valence-electron chi connectivity index (χ2n) is 5.86. The van der Waals surface area contributed by atoms with E-state index in [2.05, 4.69) is 18.9 Å². The van der Waals surface area contributed by atoms with Gasteiger partial charge in [-0.15, -0.1) is 0 Å².